The van der Waals surface area contributed by atoms with Crippen LogP contribution in [-0.4, -0.2) is 9.97 Å². The molecular formula is C18H12N2S. The first-order chi connectivity index (χ1) is 10.4. The van der Waals surface area contributed by atoms with E-state index >= 15 is 0 Å². The van der Waals surface area contributed by atoms with Crippen LogP contribution >= 0.6 is 11.3 Å². The molecule has 0 atom stereocenters. The van der Waals surface area contributed by atoms with Crippen molar-refractivity contribution in [3.8, 4) is 21.8 Å². The van der Waals surface area contributed by atoms with E-state index in [4.69, 9.17) is 0 Å². The SMILES string of the molecule is c1ccc(-c2ccc(-c3nc4ccccc4s3)cc2)nc1. The molecule has 0 bridgehead atoms. The average molecular weight is 288 g/mol. The third kappa shape index (κ3) is 2.32. The second-order valence-corrected chi connectivity index (χ2v) is 5.81. The van der Waals surface area contributed by atoms with Crippen molar-refractivity contribution < 1.29 is 0 Å². The molecule has 4 aromatic rings. The molecule has 2 aromatic carbocycles. The van der Waals surface area contributed by atoms with Crippen molar-refractivity contribution in [1.29, 1.82) is 0 Å². The topological polar surface area (TPSA) is 25.8 Å². The summed E-state index contributed by atoms with van der Waals surface area (Å²) in [5.74, 6) is 0. The summed E-state index contributed by atoms with van der Waals surface area (Å²) in [6.45, 7) is 0. The molecular weight excluding hydrogens is 276 g/mol. The van der Waals surface area contributed by atoms with Crippen LogP contribution < -0.4 is 0 Å². The maximum absolute atomic E-state index is 4.69. The minimum absolute atomic E-state index is 0.994. The predicted molar refractivity (Wildman–Crippen MR) is 88.3 cm³/mol. The monoisotopic (exact) mass is 288 g/mol. The Hall–Kier alpha value is -2.52. The third-order valence-corrected chi connectivity index (χ3v) is 4.47. The lowest BCUT2D eigenvalue weighted by Crippen LogP contribution is -1.82. The summed E-state index contributed by atoms with van der Waals surface area (Å²) in [6.07, 6.45) is 1.82. The van der Waals surface area contributed by atoms with Gasteiger partial charge in [0.15, 0.2) is 0 Å². The fourth-order valence-electron chi connectivity index (χ4n) is 2.31. The van der Waals surface area contributed by atoms with E-state index in [1.54, 1.807) is 11.3 Å². The number of hydrogen-bond donors (Lipinski definition) is 0. The highest BCUT2D eigenvalue weighted by Crippen LogP contribution is 2.31. The zero-order chi connectivity index (χ0) is 14.1. The maximum atomic E-state index is 4.69. The van der Waals surface area contributed by atoms with E-state index in [9.17, 15) is 0 Å². The van der Waals surface area contributed by atoms with Crippen LogP contribution in [0.5, 0.6) is 0 Å². The van der Waals surface area contributed by atoms with E-state index in [-0.39, 0.29) is 0 Å². The van der Waals surface area contributed by atoms with Gasteiger partial charge in [0, 0.05) is 17.3 Å². The van der Waals surface area contributed by atoms with Crippen LogP contribution in [-0.2, 0) is 0 Å². The van der Waals surface area contributed by atoms with Crippen LogP contribution in [0.15, 0.2) is 72.9 Å². The van der Waals surface area contributed by atoms with Gasteiger partial charge >= 0.3 is 0 Å². The van der Waals surface area contributed by atoms with Crippen LogP contribution in [0.25, 0.3) is 32.0 Å². The Labute approximate surface area is 126 Å². The Morgan fingerprint density at radius 3 is 2.24 bits per heavy atom. The Morgan fingerprint density at radius 2 is 1.48 bits per heavy atom. The summed E-state index contributed by atoms with van der Waals surface area (Å²) in [6, 6.07) is 22.6. The average Bonchev–Trinajstić information content (AvgIpc) is 3.00. The minimum Gasteiger partial charge on any atom is -0.256 e. The zero-order valence-corrected chi connectivity index (χ0v) is 12.0. The van der Waals surface area contributed by atoms with Crippen LogP contribution in [0, 0.1) is 0 Å². The molecule has 0 saturated carbocycles. The second kappa shape index (κ2) is 5.11. The fourth-order valence-corrected chi connectivity index (χ4v) is 3.28. The lowest BCUT2D eigenvalue weighted by Gasteiger charge is -2.01. The number of pyridine rings is 1. The predicted octanol–water partition coefficient (Wildman–Crippen LogP) is 5.03. The molecule has 0 fully saturated rings. The van der Waals surface area contributed by atoms with Crippen molar-refractivity contribution in [2.75, 3.05) is 0 Å². The molecule has 0 aliphatic rings. The van der Waals surface area contributed by atoms with E-state index in [2.05, 4.69) is 52.4 Å². The molecule has 2 heterocycles. The van der Waals surface area contributed by atoms with E-state index in [0.717, 1.165) is 27.3 Å². The number of nitrogens with zero attached hydrogens (tertiary/aromatic N) is 2. The van der Waals surface area contributed by atoms with Crippen molar-refractivity contribution in [2.45, 2.75) is 0 Å². The molecule has 0 radical (unpaired) electrons. The van der Waals surface area contributed by atoms with Gasteiger partial charge in [0.2, 0.25) is 0 Å². The molecule has 0 aliphatic carbocycles. The number of para-hydroxylation sites is 1. The molecule has 3 heteroatoms. The molecule has 2 nitrogen and oxygen atoms in total. The standard InChI is InChI=1S/C18H12N2S/c1-2-7-17-16(6-1)20-18(21-17)14-10-8-13(9-11-14)15-5-3-4-12-19-15/h1-12H. The quantitative estimate of drug-likeness (QED) is 0.517. The van der Waals surface area contributed by atoms with Crippen LogP contribution in [0.4, 0.5) is 0 Å². The van der Waals surface area contributed by atoms with Gasteiger partial charge in [-0.05, 0) is 24.3 Å². The second-order valence-electron chi connectivity index (χ2n) is 4.78. The molecule has 0 aliphatic heterocycles. The molecule has 100 valence electrons. The van der Waals surface area contributed by atoms with Crippen molar-refractivity contribution >= 4 is 21.6 Å². The number of rotatable bonds is 2. The van der Waals surface area contributed by atoms with Gasteiger partial charge in [0.1, 0.15) is 5.01 Å². The first-order valence-corrected chi connectivity index (χ1v) is 7.59. The van der Waals surface area contributed by atoms with Crippen molar-refractivity contribution in [2.24, 2.45) is 0 Å². The number of benzene rings is 2. The van der Waals surface area contributed by atoms with Crippen molar-refractivity contribution in [1.82, 2.24) is 9.97 Å². The fraction of sp³-hybridized carbons (Fsp3) is 0. The van der Waals surface area contributed by atoms with Gasteiger partial charge in [0.05, 0.1) is 15.9 Å². The van der Waals surface area contributed by atoms with E-state index < -0.39 is 0 Å². The van der Waals surface area contributed by atoms with Crippen molar-refractivity contribution in [3.05, 3.63) is 72.9 Å². The van der Waals surface area contributed by atoms with Gasteiger partial charge in [-0.1, -0.05) is 42.5 Å². The molecule has 0 saturated heterocycles. The molecule has 0 spiro atoms. The third-order valence-electron chi connectivity index (χ3n) is 3.39. The Kier molecular flexibility index (Phi) is 2.98. The highest BCUT2D eigenvalue weighted by molar-refractivity contribution is 7.21. The van der Waals surface area contributed by atoms with E-state index in [1.807, 2.05) is 30.5 Å². The number of aromatic nitrogens is 2. The maximum Gasteiger partial charge on any atom is 0.124 e. The van der Waals surface area contributed by atoms with Gasteiger partial charge < -0.3 is 0 Å². The number of thiazole rings is 1. The smallest absolute Gasteiger partial charge is 0.124 e. The summed E-state index contributed by atoms with van der Waals surface area (Å²) in [4.78, 5) is 9.06. The molecule has 0 unspecified atom stereocenters. The number of fused-ring (bicyclic) bond motifs is 1. The summed E-state index contributed by atoms with van der Waals surface area (Å²) >= 11 is 1.73. The van der Waals surface area contributed by atoms with Gasteiger partial charge in [-0.25, -0.2) is 4.98 Å². The first-order valence-electron chi connectivity index (χ1n) is 6.77. The Morgan fingerprint density at radius 1 is 0.714 bits per heavy atom. The van der Waals surface area contributed by atoms with Crippen LogP contribution in [0.2, 0.25) is 0 Å². The summed E-state index contributed by atoms with van der Waals surface area (Å²) in [7, 11) is 0. The molecule has 0 N–H and O–H groups in total. The van der Waals surface area contributed by atoms with Crippen molar-refractivity contribution in [3.63, 3.8) is 0 Å². The largest absolute Gasteiger partial charge is 0.256 e. The van der Waals surface area contributed by atoms with E-state index in [1.165, 1.54) is 4.70 Å². The molecule has 21 heavy (non-hydrogen) atoms. The summed E-state index contributed by atoms with van der Waals surface area (Å²) in [5, 5.41) is 1.06. The lowest BCUT2D eigenvalue weighted by molar-refractivity contribution is 1.33. The van der Waals surface area contributed by atoms with Crippen LogP contribution in [0.1, 0.15) is 0 Å². The van der Waals surface area contributed by atoms with Gasteiger partial charge in [-0.2, -0.15) is 0 Å². The van der Waals surface area contributed by atoms with Gasteiger partial charge in [0.25, 0.3) is 0 Å². The zero-order valence-electron chi connectivity index (χ0n) is 11.2. The molecule has 0 amide bonds. The lowest BCUT2D eigenvalue weighted by atomic mass is 10.1. The van der Waals surface area contributed by atoms with Gasteiger partial charge in [-0.3, -0.25) is 4.98 Å². The number of hydrogen-bond acceptors (Lipinski definition) is 3. The summed E-state index contributed by atoms with van der Waals surface area (Å²) < 4.78 is 1.22. The minimum atomic E-state index is 0.994. The Balaban J connectivity index is 1.73. The molecule has 4 rings (SSSR count). The normalized spacial score (nSPS) is 10.9. The van der Waals surface area contributed by atoms with Crippen LogP contribution in [0.3, 0.4) is 0 Å². The summed E-state index contributed by atoms with van der Waals surface area (Å²) in [5.41, 5.74) is 4.33. The van der Waals surface area contributed by atoms with E-state index in [0.29, 0.717) is 0 Å². The highest BCUT2D eigenvalue weighted by Gasteiger charge is 2.06. The molecule has 2 aromatic heterocycles. The highest BCUT2D eigenvalue weighted by atomic mass is 32.1. The van der Waals surface area contributed by atoms with Gasteiger partial charge in [-0.15, -0.1) is 11.3 Å². The first kappa shape index (κ1) is 12.2. The Bertz CT molecular complexity index is 847.